The molecule has 0 bridgehead atoms. The van der Waals surface area contributed by atoms with E-state index in [2.05, 4.69) is 0 Å². The zero-order chi connectivity index (χ0) is 10.8. The molecule has 1 atom stereocenters. The fourth-order valence-electron chi connectivity index (χ4n) is 1.82. The van der Waals surface area contributed by atoms with Gasteiger partial charge in [0.2, 0.25) is 0 Å². The van der Waals surface area contributed by atoms with E-state index in [1.54, 1.807) is 7.11 Å². The Morgan fingerprint density at radius 2 is 2.29 bits per heavy atom. The Hall–Kier alpha value is -0.830. The van der Waals surface area contributed by atoms with Crippen LogP contribution in [-0.4, -0.2) is 24.1 Å². The lowest BCUT2D eigenvalue weighted by Crippen LogP contribution is -2.40. The molecule has 1 rings (SSSR count). The number of rotatable bonds is 3. The summed E-state index contributed by atoms with van der Waals surface area (Å²) in [6.45, 7) is 5.92. The van der Waals surface area contributed by atoms with Crippen LogP contribution < -0.4 is 0 Å². The summed E-state index contributed by atoms with van der Waals surface area (Å²) < 4.78 is 10.8. The Bertz CT molecular complexity index is 255. The highest BCUT2D eigenvalue weighted by molar-refractivity contribution is 5.90. The molecule has 14 heavy (non-hydrogen) atoms. The van der Waals surface area contributed by atoms with E-state index < -0.39 is 5.60 Å². The van der Waals surface area contributed by atoms with Gasteiger partial charge in [0.15, 0.2) is 5.78 Å². The fourth-order valence-corrected chi connectivity index (χ4v) is 1.82. The van der Waals surface area contributed by atoms with Crippen molar-refractivity contribution in [3.63, 3.8) is 0 Å². The highest BCUT2D eigenvalue weighted by Crippen LogP contribution is 2.31. The molecule has 1 heterocycles. The lowest BCUT2D eigenvalue weighted by atomic mass is 9.86. The lowest BCUT2D eigenvalue weighted by molar-refractivity contribution is -0.126. The van der Waals surface area contributed by atoms with Gasteiger partial charge in [-0.3, -0.25) is 4.79 Å². The molecule has 0 N–H and O–H groups in total. The molecule has 3 heteroatoms. The summed E-state index contributed by atoms with van der Waals surface area (Å²) >= 11 is 0. The van der Waals surface area contributed by atoms with E-state index in [1.165, 1.54) is 12.3 Å². The average Bonchev–Trinajstić information content (AvgIpc) is 2.01. The van der Waals surface area contributed by atoms with Gasteiger partial charge in [0.1, 0.15) is 5.60 Å². The largest absolute Gasteiger partial charge is 0.494 e. The maximum absolute atomic E-state index is 11.2. The number of hydrogen-bond acceptors (Lipinski definition) is 3. The predicted octanol–water partition coefficient (Wildman–Crippen LogP) is 2.06. The minimum Gasteiger partial charge on any atom is -0.494 e. The SMILES string of the molecule is COC(C)(C)CC1(C)CC(=O)C=CO1. The van der Waals surface area contributed by atoms with Gasteiger partial charge in [-0.15, -0.1) is 0 Å². The van der Waals surface area contributed by atoms with Crippen LogP contribution in [0.2, 0.25) is 0 Å². The number of carbonyl (C=O) groups excluding carboxylic acids is 1. The Morgan fingerprint density at radius 1 is 1.64 bits per heavy atom. The van der Waals surface area contributed by atoms with E-state index in [0.29, 0.717) is 12.8 Å². The molecular formula is C11H18O3. The predicted molar refractivity (Wildman–Crippen MR) is 54.0 cm³/mol. The van der Waals surface area contributed by atoms with Gasteiger partial charge in [0, 0.05) is 19.6 Å². The van der Waals surface area contributed by atoms with Gasteiger partial charge >= 0.3 is 0 Å². The summed E-state index contributed by atoms with van der Waals surface area (Å²) in [5.41, 5.74) is -0.689. The topological polar surface area (TPSA) is 35.5 Å². The van der Waals surface area contributed by atoms with E-state index in [9.17, 15) is 4.79 Å². The standard InChI is InChI=1S/C11H18O3/c1-10(2,13-4)8-11(3)7-9(12)5-6-14-11/h5-6H,7-8H2,1-4H3. The van der Waals surface area contributed by atoms with Crippen molar-refractivity contribution < 1.29 is 14.3 Å². The van der Waals surface area contributed by atoms with Crippen LogP contribution in [0, 0.1) is 0 Å². The molecule has 80 valence electrons. The van der Waals surface area contributed by atoms with Crippen molar-refractivity contribution in [2.24, 2.45) is 0 Å². The van der Waals surface area contributed by atoms with Gasteiger partial charge in [0.25, 0.3) is 0 Å². The first-order valence-electron chi connectivity index (χ1n) is 4.79. The number of ether oxygens (including phenoxy) is 2. The van der Waals surface area contributed by atoms with Gasteiger partial charge in [-0.05, 0) is 20.8 Å². The van der Waals surface area contributed by atoms with Crippen molar-refractivity contribution in [3.8, 4) is 0 Å². The monoisotopic (exact) mass is 198 g/mol. The Morgan fingerprint density at radius 3 is 2.79 bits per heavy atom. The van der Waals surface area contributed by atoms with Crippen molar-refractivity contribution in [1.82, 2.24) is 0 Å². The van der Waals surface area contributed by atoms with Crippen LogP contribution in [0.4, 0.5) is 0 Å². The third kappa shape index (κ3) is 2.84. The third-order valence-electron chi connectivity index (χ3n) is 2.51. The normalized spacial score (nSPS) is 27.6. The first kappa shape index (κ1) is 11.2. The number of allylic oxidation sites excluding steroid dienone is 1. The van der Waals surface area contributed by atoms with Crippen LogP contribution in [0.1, 0.15) is 33.6 Å². The third-order valence-corrected chi connectivity index (χ3v) is 2.51. The summed E-state index contributed by atoms with van der Waals surface area (Å²) in [6.07, 6.45) is 4.09. The molecular weight excluding hydrogens is 180 g/mol. The molecule has 3 nitrogen and oxygen atoms in total. The molecule has 0 radical (unpaired) electrons. The van der Waals surface area contributed by atoms with Crippen molar-refractivity contribution >= 4 is 5.78 Å². The highest BCUT2D eigenvalue weighted by Gasteiger charge is 2.36. The maximum atomic E-state index is 11.2. The minimum atomic E-state index is -0.425. The number of ketones is 1. The molecule has 0 amide bonds. The molecule has 1 aliphatic rings. The fraction of sp³-hybridized carbons (Fsp3) is 0.727. The molecule has 0 aliphatic carbocycles. The van der Waals surface area contributed by atoms with E-state index >= 15 is 0 Å². The molecule has 0 aromatic heterocycles. The Balaban J connectivity index is 2.67. The van der Waals surface area contributed by atoms with Crippen molar-refractivity contribution in [2.75, 3.05) is 7.11 Å². The van der Waals surface area contributed by atoms with Crippen LogP contribution in [0.3, 0.4) is 0 Å². The van der Waals surface area contributed by atoms with Crippen LogP contribution in [0.5, 0.6) is 0 Å². The zero-order valence-electron chi connectivity index (χ0n) is 9.29. The molecule has 1 aliphatic heterocycles. The molecule has 0 spiro atoms. The second kappa shape index (κ2) is 3.73. The van der Waals surface area contributed by atoms with Gasteiger partial charge in [0.05, 0.1) is 18.3 Å². The molecule has 0 aromatic carbocycles. The first-order valence-corrected chi connectivity index (χ1v) is 4.79. The molecule has 0 aromatic rings. The van der Waals surface area contributed by atoms with E-state index in [1.807, 2.05) is 20.8 Å². The summed E-state index contributed by atoms with van der Waals surface area (Å²) in [6, 6.07) is 0. The van der Waals surface area contributed by atoms with Crippen molar-refractivity contribution in [1.29, 1.82) is 0 Å². The second-order valence-corrected chi connectivity index (χ2v) is 4.65. The van der Waals surface area contributed by atoms with E-state index in [4.69, 9.17) is 9.47 Å². The van der Waals surface area contributed by atoms with Crippen LogP contribution in [0.15, 0.2) is 12.3 Å². The molecule has 0 saturated heterocycles. The van der Waals surface area contributed by atoms with Crippen LogP contribution in [-0.2, 0) is 14.3 Å². The second-order valence-electron chi connectivity index (χ2n) is 4.65. The number of methoxy groups -OCH3 is 1. The van der Waals surface area contributed by atoms with Crippen LogP contribution in [0.25, 0.3) is 0 Å². The maximum Gasteiger partial charge on any atom is 0.162 e. The summed E-state index contributed by atoms with van der Waals surface area (Å²) in [7, 11) is 1.67. The van der Waals surface area contributed by atoms with E-state index in [0.717, 1.165) is 0 Å². The lowest BCUT2D eigenvalue weighted by Gasteiger charge is -2.37. The van der Waals surface area contributed by atoms with E-state index in [-0.39, 0.29) is 11.4 Å². The number of hydrogen-bond donors (Lipinski definition) is 0. The van der Waals surface area contributed by atoms with Crippen LogP contribution >= 0.6 is 0 Å². The minimum absolute atomic E-state index is 0.116. The Labute approximate surface area is 85.1 Å². The zero-order valence-corrected chi connectivity index (χ0v) is 9.29. The molecule has 0 saturated carbocycles. The summed E-state index contributed by atoms with van der Waals surface area (Å²) in [5, 5.41) is 0. The first-order chi connectivity index (χ1) is 6.37. The van der Waals surface area contributed by atoms with Gasteiger partial charge in [-0.2, -0.15) is 0 Å². The quantitative estimate of drug-likeness (QED) is 0.696. The smallest absolute Gasteiger partial charge is 0.162 e. The van der Waals surface area contributed by atoms with Gasteiger partial charge in [-0.25, -0.2) is 0 Å². The van der Waals surface area contributed by atoms with Crippen molar-refractivity contribution in [3.05, 3.63) is 12.3 Å². The molecule has 0 fully saturated rings. The summed E-state index contributed by atoms with van der Waals surface area (Å²) in [4.78, 5) is 11.2. The van der Waals surface area contributed by atoms with Gasteiger partial charge < -0.3 is 9.47 Å². The summed E-state index contributed by atoms with van der Waals surface area (Å²) in [5.74, 6) is 0.116. The van der Waals surface area contributed by atoms with Gasteiger partial charge in [-0.1, -0.05) is 0 Å². The highest BCUT2D eigenvalue weighted by atomic mass is 16.5. The van der Waals surface area contributed by atoms with Crippen molar-refractivity contribution in [2.45, 2.75) is 44.8 Å². The number of carbonyl (C=O) groups is 1. The Kier molecular flexibility index (Phi) is 3.00. The average molecular weight is 198 g/mol. The molecule has 1 unspecified atom stereocenters.